The number of rotatable bonds is 6. The molecule has 28 heavy (non-hydrogen) atoms. The zero-order chi connectivity index (χ0) is 20.3. The third kappa shape index (κ3) is 4.28. The lowest BCUT2D eigenvalue weighted by atomic mass is 10.1. The van der Waals surface area contributed by atoms with Crippen molar-refractivity contribution in [3.63, 3.8) is 0 Å². The molecule has 0 aromatic heterocycles. The molecule has 144 valence electrons. The van der Waals surface area contributed by atoms with Crippen molar-refractivity contribution in [2.75, 3.05) is 0 Å². The fraction of sp³-hybridized carbons (Fsp3) is 0.320. The van der Waals surface area contributed by atoms with Crippen LogP contribution in [0.15, 0.2) is 66.2 Å². The highest BCUT2D eigenvalue weighted by atomic mass is 16.5. The van der Waals surface area contributed by atoms with Gasteiger partial charge < -0.3 is 9.47 Å². The molecule has 2 aromatic rings. The number of ether oxygens (including phenoxy) is 2. The highest BCUT2D eigenvalue weighted by molar-refractivity contribution is 5.78. The van der Waals surface area contributed by atoms with Gasteiger partial charge in [-0.05, 0) is 49.4 Å². The first-order valence-corrected chi connectivity index (χ1v) is 9.47. The van der Waals surface area contributed by atoms with Gasteiger partial charge in [-0.3, -0.25) is 4.79 Å². The van der Waals surface area contributed by atoms with Crippen molar-refractivity contribution in [1.82, 2.24) is 0 Å². The van der Waals surface area contributed by atoms with Crippen LogP contribution in [0.5, 0.6) is 11.5 Å². The standard InChI is InChI=1S/C25H26O3/c1-6-22(28-24(26)23-21(15-17(2)3)25(23,4)5)18-11-10-14-20(16-18)27-19-12-8-7-9-13-19/h1,7-16,21-23H,2-5H3. The molecule has 0 heterocycles. The average molecular weight is 374 g/mol. The number of allylic oxidation sites excluding steroid dienone is 2. The smallest absolute Gasteiger partial charge is 0.311 e. The van der Waals surface area contributed by atoms with Crippen molar-refractivity contribution in [3.05, 3.63) is 71.8 Å². The highest BCUT2D eigenvalue weighted by Crippen LogP contribution is 2.60. The van der Waals surface area contributed by atoms with Gasteiger partial charge in [-0.2, -0.15) is 0 Å². The van der Waals surface area contributed by atoms with E-state index in [0.29, 0.717) is 5.75 Å². The maximum atomic E-state index is 12.8. The molecule has 1 fully saturated rings. The topological polar surface area (TPSA) is 35.5 Å². The van der Waals surface area contributed by atoms with Crippen LogP contribution in [-0.4, -0.2) is 5.97 Å². The first-order valence-electron chi connectivity index (χ1n) is 9.47. The van der Waals surface area contributed by atoms with E-state index in [9.17, 15) is 4.79 Å². The Balaban J connectivity index is 1.72. The molecule has 1 aliphatic rings. The molecule has 0 amide bonds. The van der Waals surface area contributed by atoms with E-state index in [0.717, 1.165) is 11.3 Å². The Morgan fingerprint density at radius 3 is 2.43 bits per heavy atom. The number of carbonyl (C=O) groups excluding carboxylic acids is 1. The fourth-order valence-electron chi connectivity index (χ4n) is 3.55. The van der Waals surface area contributed by atoms with Gasteiger partial charge >= 0.3 is 5.97 Å². The molecule has 1 saturated carbocycles. The van der Waals surface area contributed by atoms with Crippen molar-refractivity contribution in [3.8, 4) is 23.8 Å². The van der Waals surface area contributed by atoms with Crippen LogP contribution in [0.3, 0.4) is 0 Å². The molecule has 0 saturated heterocycles. The molecule has 2 aromatic carbocycles. The summed E-state index contributed by atoms with van der Waals surface area (Å²) < 4.78 is 11.6. The first kappa shape index (κ1) is 19.8. The molecule has 0 N–H and O–H groups in total. The van der Waals surface area contributed by atoms with Crippen molar-refractivity contribution in [2.45, 2.75) is 33.8 Å². The minimum absolute atomic E-state index is 0.105. The van der Waals surface area contributed by atoms with Gasteiger partial charge in [0.15, 0.2) is 6.10 Å². The van der Waals surface area contributed by atoms with Gasteiger partial charge in [0.2, 0.25) is 0 Å². The van der Waals surface area contributed by atoms with E-state index >= 15 is 0 Å². The van der Waals surface area contributed by atoms with Crippen LogP contribution < -0.4 is 4.74 Å². The van der Waals surface area contributed by atoms with E-state index in [4.69, 9.17) is 15.9 Å². The van der Waals surface area contributed by atoms with Crippen LogP contribution >= 0.6 is 0 Å². The number of para-hydroxylation sites is 1. The van der Waals surface area contributed by atoms with E-state index in [1.165, 1.54) is 5.57 Å². The van der Waals surface area contributed by atoms with Gasteiger partial charge in [0.25, 0.3) is 0 Å². The largest absolute Gasteiger partial charge is 0.457 e. The zero-order valence-electron chi connectivity index (χ0n) is 16.8. The minimum Gasteiger partial charge on any atom is -0.457 e. The Bertz CT molecular complexity index is 914. The molecule has 3 nitrogen and oxygen atoms in total. The summed E-state index contributed by atoms with van der Waals surface area (Å²) >= 11 is 0. The Morgan fingerprint density at radius 2 is 1.79 bits per heavy atom. The number of esters is 1. The second kappa shape index (κ2) is 7.94. The van der Waals surface area contributed by atoms with Gasteiger partial charge in [0.1, 0.15) is 11.5 Å². The van der Waals surface area contributed by atoms with Crippen molar-refractivity contribution in [1.29, 1.82) is 0 Å². The van der Waals surface area contributed by atoms with E-state index in [1.807, 2.05) is 68.4 Å². The molecule has 3 heteroatoms. The van der Waals surface area contributed by atoms with Crippen LogP contribution in [-0.2, 0) is 9.53 Å². The summed E-state index contributed by atoms with van der Waals surface area (Å²) in [7, 11) is 0. The number of benzene rings is 2. The lowest BCUT2D eigenvalue weighted by Gasteiger charge is -2.15. The first-order chi connectivity index (χ1) is 13.3. The maximum absolute atomic E-state index is 12.8. The molecular formula is C25H26O3. The van der Waals surface area contributed by atoms with Crippen molar-refractivity contribution in [2.24, 2.45) is 17.3 Å². The van der Waals surface area contributed by atoms with Crippen LogP contribution in [0.2, 0.25) is 0 Å². The van der Waals surface area contributed by atoms with Crippen LogP contribution in [0.1, 0.15) is 39.4 Å². The molecule has 3 unspecified atom stereocenters. The van der Waals surface area contributed by atoms with Crippen LogP contribution in [0.4, 0.5) is 0 Å². The van der Waals surface area contributed by atoms with Gasteiger partial charge in [-0.1, -0.05) is 61.7 Å². The van der Waals surface area contributed by atoms with E-state index in [1.54, 1.807) is 0 Å². The van der Waals surface area contributed by atoms with Gasteiger partial charge in [-0.15, -0.1) is 6.42 Å². The fourth-order valence-corrected chi connectivity index (χ4v) is 3.55. The second-order valence-corrected chi connectivity index (χ2v) is 8.04. The molecule has 0 radical (unpaired) electrons. The molecule has 0 spiro atoms. The van der Waals surface area contributed by atoms with Crippen molar-refractivity contribution < 1.29 is 14.3 Å². The van der Waals surface area contributed by atoms with Gasteiger partial charge in [0, 0.05) is 5.56 Å². The lowest BCUT2D eigenvalue weighted by molar-refractivity contribution is -0.149. The second-order valence-electron chi connectivity index (χ2n) is 8.04. The monoisotopic (exact) mass is 374 g/mol. The van der Waals surface area contributed by atoms with Gasteiger partial charge in [0.05, 0.1) is 5.92 Å². The third-order valence-electron chi connectivity index (χ3n) is 5.20. The summed E-state index contributed by atoms with van der Waals surface area (Å²) in [5.74, 6) is 3.75. The van der Waals surface area contributed by atoms with Crippen LogP contribution in [0.25, 0.3) is 0 Å². The summed E-state index contributed by atoms with van der Waals surface area (Å²) in [5.41, 5.74) is 1.82. The molecule has 0 bridgehead atoms. The van der Waals surface area contributed by atoms with E-state index in [-0.39, 0.29) is 23.2 Å². The molecule has 1 aliphatic carbocycles. The maximum Gasteiger partial charge on any atom is 0.311 e. The van der Waals surface area contributed by atoms with Gasteiger partial charge in [-0.25, -0.2) is 0 Å². The number of hydrogen-bond acceptors (Lipinski definition) is 3. The lowest BCUT2D eigenvalue weighted by Crippen LogP contribution is -2.14. The summed E-state index contributed by atoms with van der Waals surface area (Å²) in [6, 6.07) is 16.9. The summed E-state index contributed by atoms with van der Waals surface area (Å²) in [6.45, 7) is 8.25. The zero-order valence-corrected chi connectivity index (χ0v) is 16.8. The van der Waals surface area contributed by atoms with E-state index < -0.39 is 6.10 Å². The molecule has 0 aliphatic heterocycles. The Labute approximate surface area is 167 Å². The quantitative estimate of drug-likeness (QED) is 0.357. The summed E-state index contributed by atoms with van der Waals surface area (Å²) in [6.07, 6.45) is 7.08. The SMILES string of the molecule is C#CC(OC(=O)C1C(C=C(C)C)C1(C)C)c1cccc(Oc2ccccc2)c1. The highest BCUT2D eigenvalue weighted by Gasteiger charge is 2.61. The summed E-state index contributed by atoms with van der Waals surface area (Å²) in [5, 5.41) is 0. The predicted octanol–water partition coefficient (Wildman–Crippen LogP) is 5.93. The Kier molecular flexibility index (Phi) is 5.61. The van der Waals surface area contributed by atoms with E-state index in [2.05, 4.69) is 25.8 Å². The number of terminal acetylenes is 1. The Hall–Kier alpha value is -2.99. The van der Waals surface area contributed by atoms with Crippen molar-refractivity contribution >= 4 is 5.97 Å². The number of hydrogen-bond donors (Lipinski definition) is 0. The number of carbonyl (C=O) groups is 1. The molecule has 3 atom stereocenters. The predicted molar refractivity (Wildman–Crippen MR) is 111 cm³/mol. The average Bonchev–Trinajstić information content (AvgIpc) is 3.20. The molecular weight excluding hydrogens is 348 g/mol. The van der Waals surface area contributed by atoms with Crippen LogP contribution in [0, 0.1) is 29.6 Å². The normalized spacial score (nSPS) is 20.4. The Morgan fingerprint density at radius 1 is 1.11 bits per heavy atom. The summed E-state index contributed by atoms with van der Waals surface area (Å²) in [4.78, 5) is 12.8. The minimum atomic E-state index is -0.740. The molecule has 3 rings (SSSR count). The third-order valence-corrected chi connectivity index (χ3v) is 5.20.